The smallest absolute Gasteiger partial charge is 0.0909 e. The summed E-state index contributed by atoms with van der Waals surface area (Å²) in [5, 5.41) is 11.2. The summed E-state index contributed by atoms with van der Waals surface area (Å²) in [4.78, 5) is 2.49. The molecular weight excluding hydrogens is 258 g/mol. The molecule has 1 unspecified atom stereocenters. The Bertz CT molecular complexity index is 480. The maximum absolute atomic E-state index is 11.2. The molecule has 1 N–H and O–H groups in total. The van der Waals surface area contributed by atoms with Crippen LogP contribution < -0.4 is 0 Å². The summed E-state index contributed by atoms with van der Waals surface area (Å²) in [6.45, 7) is 6.62. The van der Waals surface area contributed by atoms with Crippen LogP contribution in [0.1, 0.15) is 69.4 Å². The van der Waals surface area contributed by atoms with E-state index in [1.54, 1.807) is 0 Å². The van der Waals surface area contributed by atoms with E-state index in [2.05, 4.69) is 43.0 Å². The van der Waals surface area contributed by atoms with Gasteiger partial charge in [0.15, 0.2) is 0 Å². The van der Waals surface area contributed by atoms with E-state index in [-0.39, 0.29) is 0 Å². The van der Waals surface area contributed by atoms with Crippen molar-refractivity contribution in [3.8, 4) is 0 Å². The maximum atomic E-state index is 11.2. The van der Waals surface area contributed by atoms with Gasteiger partial charge in [0.25, 0.3) is 0 Å². The first-order valence-electron chi connectivity index (χ1n) is 8.65. The summed E-state index contributed by atoms with van der Waals surface area (Å²) in [5.41, 5.74) is 1.97. The molecule has 1 aromatic carbocycles. The van der Waals surface area contributed by atoms with Crippen molar-refractivity contribution >= 4 is 0 Å². The van der Waals surface area contributed by atoms with Gasteiger partial charge in [-0.1, -0.05) is 30.7 Å². The van der Waals surface area contributed by atoms with Crippen molar-refractivity contribution in [3.63, 3.8) is 0 Å². The highest BCUT2D eigenvalue weighted by molar-refractivity contribution is 5.31. The topological polar surface area (TPSA) is 23.5 Å². The van der Waals surface area contributed by atoms with Crippen molar-refractivity contribution in [2.75, 3.05) is 13.1 Å². The summed E-state index contributed by atoms with van der Waals surface area (Å²) in [7, 11) is 0. The minimum absolute atomic E-state index is 0.577. The van der Waals surface area contributed by atoms with E-state index in [0.717, 1.165) is 43.8 Å². The average Bonchev–Trinajstić information content (AvgIpc) is 2.60. The fourth-order valence-electron chi connectivity index (χ4n) is 3.77. The second-order valence-electron chi connectivity index (χ2n) is 7.27. The third-order valence-electron chi connectivity index (χ3n) is 5.58. The number of benzene rings is 1. The zero-order chi connectivity index (χ0) is 14.9. The van der Waals surface area contributed by atoms with Gasteiger partial charge in [-0.3, -0.25) is 0 Å². The highest BCUT2D eigenvalue weighted by atomic mass is 16.3. The fraction of sp³-hybridized carbons (Fsp3) is 0.684. The van der Waals surface area contributed by atoms with E-state index in [0.29, 0.717) is 6.04 Å². The first-order valence-corrected chi connectivity index (χ1v) is 8.65. The van der Waals surface area contributed by atoms with E-state index in [1.807, 2.05) is 0 Å². The number of nitrogens with zero attached hydrogens (tertiary/aromatic N) is 1. The van der Waals surface area contributed by atoms with E-state index < -0.39 is 5.60 Å². The van der Waals surface area contributed by atoms with E-state index in [9.17, 15) is 5.11 Å². The van der Waals surface area contributed by atoms with Gasteiger partial charge >= 0.3 is 0 Å². The van der Waals surface area contributed by atoms with Crippen LogP contribution in [-0.2, 0) is 5.60 Å². The van der Waals surface area contributed by atoms with Crippen LogP contribution in [0.3, 0.4) is 0 Å². The SMILES string of the molecule is CC(C)N1CCCC(O)(c2cccc(C3CCC3)c2)CC1. The zero-order valence-electron chi connectivity index (χ0n) is 13.5. The van der Waals surface area contributed by atoms with Crippen molar-refractivity contribution in [3.05, 3.63) is 35.4 Å². The molecule has 3 rings (SSSR count). The number of hydrogen-bond acceptors (Lipinski definition) is 2. The predicted molar refractivity (Wildman–Crippen MR) is 87.5 cm³/mol. The monoisotopic (exact) mass is 287 g/mol. The summed E-state index contributed by atoms with van der Waals surface area (Å²) in [5.74, 6) is 0.742. The Morgan fingerprint density at radius 2 is 1.95 bits per heavy atom. The van der Waals surface area contributed by atoms with Crippen LogP contribution in [0, 0.1) is 0 Å². The third-order valence-corrected chi connectivity index (χ3v) is 5.58. The molecule has 21 heavy (non-hydrogen) atoms. The quantitative estimate of drug-likeness (QED) is 0.907. The minimum Gasteiger partial charge on any atom is -0.385 e. The lowest BCUT2D eigenvalue weighted by Crippen LogP contribution is -2.33. The van der Waals surface area contributed by atoms with Crippen molar-refractivity contribution < 1.29 is 5.11 Å². The molecule has 2 aliphatic rings. The molecule has 2 fully saturated rings. The lowest BCUT2D eigenvalue weighted by atomic mass is 9.78. The molecule has 1 atom stereocenters. The summed E-state index contributed by atoms with van der Waals surface area (Å²) < 4.78 is 0. The number of hydrogen-bond donors (Lipinski definition) is 1. The first kappa shape index (κ1) is 15.1. The highest BCUT2D eigenvalue weighted by Crippen LogP contribution is 2.39. The number of likely N-dealkylation sites (tertiary alicyclic amines) is 1. The number of aliphatic hydroxyl groups is 1. The first-order chi connectivity index (χ1) is 10.1. The predicted octanol–water partition coefficient (Wildman–Crippen LogP) is 4.04. The Morgan fingerprint density at radius 3 is 2.62 bits per heavy atom. The summed E-state index contributed by atoms with van der Waals surface area (Å²) in [6, 6.07) is 9.38. The standard InChI is InChI=1S/C19H29NO/c1-15(2)20-12-5-10-19(21,11-13-20)18-9-4-8-17(14-18)16-6-3-7-16/h4,8-9,14-16,21H,3,5-7,10-13H2,1-2H3. The molecule has 1 aliphatic heterocycles. The third kappa shape index (κ3) is 3.17. The lowest BCUT2D eigenvalue weighted by Gasteiger charge is -2.31. The van der Waals surface area contributed by atoms with Crippen LogP contribution in [0.25, 0.3) is 0 Å². The van der Waals surface area contributed by atoms with Crippen LogP contribution in [-0.4, -0.2) is 29.1 Å². The van der Waals surface area contributed by atoms with Crippen molar-refractivity contribution in [2.24, 2.45) is 0 Å². The van der Waals surface area contributed by atoms with Crippen LogP contribution in [0.15, 0.2) is 24.3 Å². The normalized spacial score (nSPS) is 28.4. The molecule has 0 bridgehead atoms. The molecule has 2 heteroatoms. The van der Waals surface area contributed by atoms with Gasteiger partial charge < -0.3 is 10.0 Å². The Labute approximate surface area is 129 Å². The van der Waals surface area contributed by atoms with E-state index in [1.165, 1.54) is 24.8 Å². The van der Waals surface area contributed by atoms with Gasteiger partial charge in [-0.15, -0.1) is 0 Å². The van der Waals surface area contributed by atoms with Gasteiger partial charge in [0.05, 0.1) is 5.60 Å². The Hall–Kier alpha value is -0.860. The molecule has 0 aromatic heterocycles. The molecule has 116 valence electrons. The van der Waals surface area contributed by atoms with Gasteiger partial charge in [-0.05, 0) is 69.5 Å². The van der Waals surface area contributed by atoms with Crippen LogP contribution in [0.2, 0.25) is 0 Å². The van der Waals surface area contributed by atoms with Crippen molar-refractivity contribution in [1.29, 1.82) is 0 Å². The van der Waals surface area contributed by atoms with Crippen LogP contribution >= 0.6 is 0 Å². The fourth-order valence-corrected chi connectivity index (χ4v) is 3.77. The molecule has 2 nitrogen and oxygen atoms in total. The maximum Gasteiger partial charge on any atom is 0.0909 e. The van der Waals surface area contributed by atoms with Crippen molar-refractivity contribution in [2.45, 2.75) is 69.9 Å². The Morgan fingerprint density at radius 1 is 1.14 bits per heavy atom. The summed E-state index contributed by atoms with van der Waals surface area (Å²) >= 11 is 0. The molecule has 0 amide bonds. The average molecular weight is 287 g/mol. The molecule has 1 aliphatic carbocycles. The van der Waals surface area contributed by atoms with E-state index >= 15 is 0 Å². The second-order valence-corrected chi connectivity index (χ2v) is 7.27. The van der Waals surface area contributed by atoms with Gasteiger partial charge in [-0.2, -0.15) is 0 Å². The van der Waals surface area contributed by atoms with Crippen molar-refractivity contribution in [1.82, 2.24) is 4.90 Å². The molecule has 1 heterocycles. The van der Waals surface area contributed by atoms with Crippen LogP contribution in [0.5, 0.6) is 0 Å². The molecule has 1 saturated heterocycles. The Kier molecular flexibility index (Phi) is 4.37. The molecule has 1 aromatic rings. The Balaban J connectivity index is 1.78. The molecule has 0 spiro atoms. The van der Waals surface area contributed by atoms with Crippen LogP contribution in [0.4, 0.5) is 0 Å². The molecular formula is C19H29NO. The highest BCUT2D eigenvalue weighted by Gasteiger charge is 2.33. The van der Waals surface area contributed by atoms with E-state index in [4.69, 9.17) is 0 Å². The summed E-state index contributed by atoms with van der Waals surface area (Å²) in [6.07, 6.45) is 6.85. The van der Waals surface area contributed by atoms with Gasteiger partial charge in [0.1, 0.15) is 0 Å². The largest absolute Gasteiger partial charge is 0.385 e. The molecule has 0 radical (unpaired) electrons. The molecule has 1 saturated carbocycles. The zero-order valence-corrected chi connectivity index (χ0v) is 13.5. The second kappa shape index (κ2) is 6.10. The van der Waals surface area contributed by atoms with Gasteiger partial charge in [0.2, 0.25) is 0 Å². The van der Waals surface area contributed by atoms with Gasteiger partial charge in [-0.25, -0.2) is 0 Å². The van der Waals surface area contributed by atoms with Gasteiger partial charge in [0, 0.05) is 12.6 Å². The number of rotatable bonds is 3. The lowest BCUT2D eigenvalue weighted by molar-refractivity contribution is 0.0203. The minimum atomic E-state index is -0.622.